The van der Waals surface area contributed by atoms with Gasteiger partial charge in [-0.25, -0.2) is 0 Å². The zero-order valence-electron chi connectivity index (χ0n) is 13.0. The molecule has 0 bridgehead atoms. The Kier molecular flexibility index (Phi) is 6.48. The summed E-state index contributed by atoms with van der Waals surface area (Å²) in [6.07, 6.45) is 10.7. The van der Waals surface area contributed by atoms with Gasteiger partial charge in [-0.15, -0.1) is 0 Å². The van der Waals surface area contributed by atoms with Crippen LogP contribution in [0.2, 0.25) is 0 Å². The van der Waals surface area contributed by atoms with Crippen LogP contribution in [-0.4, -0.2) is 36.1 Å². The molecule has 20 heavy (non-hydrogen) atoms. The van der Waals surface area contributed by atoms with Gasteiger partial charge in [0, 0.05) is 31.5 Å². The molecule has 3 nitrogen and oxygen atoms in total. The fourth-order valence-corrected chi connectivity index (χ4v) is 3.40. The van der Waals surface area contributed by atoms with Gasteiger partial charge in [0.25, 0.3) is 0 Å². The molecule has 0 aromatic carbocycles. The average molecular weight is 275 g/mol. The Bertz CT molecular complexity index is 366. The van der Waals surface area contributed by atoms with Crippen molar-refractivity contribution in [2.24, 2.45) is 5.92 Å². The Morgan fingerprint density at radius 3 is 2.70 bits per heavy atom. The van der Waals surface area contributed by atoms with E-state index >= 15 is 0 Å². The third kappa shape index (κ3) is 4.88. The van der Waals surface area contributed by atoms with Gasteiger partial charge in [-0.3, -0.25) is 4.98 Å². The van der Waals surface area contributed by atoms with Crippen LogP contribution in [-0.2, 0) is 6.54 Å². The molecular weight excluding hydrogens is 246 g/mol. The highest BCUT2D eigenvalue weighted by atomic mass is 15.1. The van der Waals surface area contributed by atoms with E-state index in [1.165, 1.54) is 44.2 Å². The number of hydrogen-bond donors (Lipinski definition) is 1. The van der Waals surface area contributed by atoms with E-state index in [4.69, 9.17) is 0 Å². The molecule has 1 aromatic rings. The smallest absolute Gasteiger partial charge is 0.0271 e. The van der Waals surface area contributed by atoms with Gasteiger partial charge in [0.1, 0.15) is 0 Å². The summed E-state index contributed by atoms with van der Waals surface area (Å²) in [4.78, 5) is 6.56. The van der Waals surface area contributed by atoms with Crippen LogP contribution in [0.25, 0.3) is 0 Å². The van der Waals surface area contributed by atoms with Gasteiger partial charge in [-0.05, 0) is 50.0 Å². The van der Waals surface area contributed by atoms with Crippen LogP contribution in [0.5, 0.6) is 0 Å². The van der Waals surface area contributed by atoms with E-state index in [2.05, 4.69) is 41.3 Å². The summed E-state index contributed by atoms with van der Waals surface area (Å²) in [6, 6.07) is 4.94. The number of pyridine rings is 1. The molecule has 0 radical (unpaired) electrons. The first-order valence-corrected chi connectivity index (χ1v) is 8.10. The first kappa shape index (κ1) is 15.5. The van der Waals surface area contributed by atoms with Gasteiger partial charge in [0.2, 0.25) is 0 Å². The third-order valence-corrected chi connectivity index (χ3v) is 4.37. The molecule has 1 aliphatic carbocycles. The highest BCUT2D eigenvalue weighted by Gasteiger charge is 2.23. The summed E-state index contributed by atoms with van der Waals surface area (Å²) in [6.45, 7) is 5.54. The van der Waals surface area contributed by atoms with Crippen molar-refractivity contribution in [3.05, 3.63) is 30.1 Å². The van der Waals surface area contributed by atoms with Crippen molar-refractivity contribution in [2.75, 3.05) is 20.1 Å². The fourth-order valence-electron chi connectivity index (χ4n) is 3.40. The van der Waals surface area contributed by atoms with Crippen molar-refractivity contribution in [3.8, 4) is 0 Å². The average Bonchev–Trinajstić information content (AvgIpc) is 2.66. The van der Waals surface area contributed by atoms with E-state index in [-0.39, 0.29) is 0 Å². The molecule has 1 saturated carbocycles. The quantitative estimate of drug-likeness (QED) is 0.809. The summed E-state index contributed by atoms with van der Waals surface area (Å²) in [5.74, 6) is 0.796. The zero-order valence-corrected chi connectivity index (χ0v) is 13.0. The van der Waals surface area contributed by atoms with Gasteiger partial charge in [-0.1, -0.05) is 26.2 Å². The number of nitrogens with one attached hydrogen (secondary N) is 1. The van der Waals surface area contributed by atoms with Gasteiger partial charge in [0.05, 0.1) is 0 Å². The Morgan fingerprint density at radius 2 is 1.95 bits per heavy atom. The lowest BCUT2D eigenvalue weighted by Gasteiger charge is -2.30. The molecule has 1 heterocycles. The molecule has 0 amide bonds. The van der Waals surface area contributed by atoms with Gasteiger partial charge >= 0.3 is 0 Å². The second-order valence-corrected chi connectivity index (χ2v) is 6.11. The van der Waals surface area contributed by atoms with Gasteiger partial charge in [0.15, 0.2) is 0 Å². The number of aromatic nitrogens is 1. The van der Waals surface area contributed by atoms with Crippen molar-refractivity contribution in [3.63, 3.8) is 0 Å². The number of hydrogen-bond acceptors (Lipinski definition) is 3. The molecule has 1 aliphatic rings. The maximum Gasteiger partial charge on any atom is 0.0271 e. The summed E-state index contributed by atoms with van der Waals surface area (Å²) in [7, 11) is 2.24. The van der Waals surface area contributed by atoms with Crippen molar-refractivity contribution in [2.45, 2.75) is 51.6 Å². The predicted molar refractivity (Wildman–Crippen MR) is 84.6 cm³/mol. The normalized spacial score (nSPS) is 23.8. The van der Waals surface area contributed by atoms with Crippen LogP contribution in [0.3, 0.4) is 0 Å². The lowest BCUT2D eigenvalue weighted by molar-refractivity contribution is 0.220. The molecule has 3 heteroatoms. The molecule has 1 N–H and O–H groups in total. The monoisotopic (exact) mass is 275 g/mol. The standard InChI is InChI=1S/C17H29N3/c1-3-19-17-8-6-4-5-7-16(17)14-20(2)13-15-9-11-18-12-10-15/h9-12,16-17,19H,3-8,13-14H2,1-2H3. The largest absolute Gasteiger partial charge is 0.314 e. The molecule has 2 unspecified atom stereocenters. The molecule has 0 saturated heterocycles. The minimum Gasteiger partial charge on any atom is -0.314 e. The summed E-state index contributed by atoms with van der Waals surface area (Å²) >= 11 is 0. The Morgan fingerprint density at radius 1 is 1.20 bits per heavy atom. The second kappa shape index (κ2) is 8.38. The summed E-state index contributed by atoms with van der Waals surface area (Å²) in [5, 5.41) is 3.71. The van der Waals surface area contributed by atoms with Crippen molar-refractivity contribution in [1.82, 2.24) is 15.2 Å². The fraction of sp³-hybridized carbons (Fsp3) is 0.706. The van der Waals surface area contributed by atoms with Crippen LogP contribution < -0.4 is 5.32 Å². The van der Waals surface area contributed by atoms with Gasteiger partial charge in [-0.2, -0.15) is 0 Å². The summed E-state index contributed by atoms with van der Waals surface area (Å²) in [5.41, 5.74) is 1.36. The molecule has 2 rings (SSSR count). The van der Waals surface area contributed by atoms with Crippen LogP contribution in [0.1, 0.15) is 44.6 Å². The molecule has 1 aromatic heterocycles. The van der Waals surface area contributed by atoms with Crippen LogP contribution in [0.4, 0.5) is 0 Å². The maximum atomic E-state index is 4.09. The molecule has 112 valence electrons. The highest BCUT2D eigenvalue weighted by molar-refractivity contribution is 5.09. The van der Waals surface area contributed by atoms with E-state index in [0.717, 1.165) is 19.0 Å². The predicted octanol–water partition coefficient (Wildman–Crippen LogP) is 3.07. The van der Waals surface area contributed by atoms with Gasteiger partial charge < -0.3 is 10.2 Å². The first-order valence-electron chi connectivity index (χ1n) is 8.10. The summed E-state index contributed by atoms with van der Waals surface area (Å²) < 4.78 is 0. The van der Waals surface area contributed by atoms with Crippen molar-refractivity contribution in [1.29, 1.82) is 0 Å². The Balaban J connectivity index is 1.88. The minimum absolute atomic E-state index is 0.711. The number of nitrogens with zero attached hydrogens (tertiary/aromatic N) is 2. The zero-order chi connectivity index (χ0) is 14.2. The maximum absolute atomic E-state index is 4.09. The molecule has 0 spiro atoms. The molecular formula is C17H29N3. The van der Waals surface area contributed by atoms with E-state index in [1.807, 2.05) is 12.4 Å². The first-order chi connectivity index (χ1) is 9.79. The van der Waals surface area contributed by atoms with Crippen molar-refractivity contribution < 1.29 is 0 Å². The second-order valence-electron chi connectivity index (χ2n) is 6.11. The van der Waals surface area contributed by atoms with Crippen molar-refractivity contribution >= 4 is 0 Å². The third-order valence-electron chi connectivity index (χ3n) is 4.37. The topological polar surface area (TPSA) is 28.2 Å². The lowest BCUT2D eigenvalue weighted by atomic mass is 9.94. The SMILES string of the molecule is CCNC1CCCCCC1CN(C)Cc1ccncc1. The number of rotatable bonds is 6. The van der Waals surface area contributed by atoms with Crippen LogP contribution in [0.15, 0.2) is 24.5 Å². The van der Waals surface area contributed by atoms with E-state index < -0.39 is 0 Å². The van der Waals surface area contributed by atoms with Crippen LogP contribution in [0, 0.1) is 5.92 Å². The Labute approximate surface area is 123 Å². The minimum atomic E-state index is 0.711. The molecule has 0 aliphatic heterocycles. The lowest BCUT2D eigenvalue weighted by Crippen LogP contribution is -2.40. The molecule has 2 atom stereocenters. The highest BCUT2D eigenvalue weighted by Crippen LogP contribution is 2.24. The van der Waals surface area contributed by atoms with E-state index in [0.29, 0.717) is 6.04 Å². The van der Waals surface area contributed by atoms with Crippen LogP contribution >= 0.6 is 0 Å². The molecule has 1 fully saturated rings. The van der Waals surface area contributed by atoms with E-state index in [1.54, 1.807) is 0 Å². The van der Waals surface area contributed by atoms with E-state index in [9.17, 15) is 0 Å². The Hall–Kier alpha value is -0.930.